The van der Waals surface area contributed by atoms with Crippen LogP contribution in [0.1, 0.15) is 24.8 Å². The smallest absolute Gasteiger partial charge is 0.307 e. The number of ether oxygens (including phenoxy) is 1. The zero-order valence-corrected chi connectivity index (χ0v) is 11.7. The number of rotatable bonds is 4. The van der Waals surface area contributed by atoms with Crippen LogP contribution in [-0.4, -0.2) is 24.8 Å². The van der Waals surface area contributed by atoms with E-state index >= 15 is 0 Å². The summed E-state index contributed by atoms with van der Waals surface area (Å²) in [6, 6.07) is 6.38. The van der Waals surface area contributed by atoms with Gasteiger partial charge in [-0.25, -0.2) is 4.39 Å². The summed E-state index contributed by atoms with van der Waals surface area (Å²) in [6.07, 6.45) is 1.72. The molecule has 1 aliphatic rings. The van der Waals surface area contributed by atoms with E-state index in [0.717, 1.165) is 31.5 Å². The zero-order valence-electron chi connectivity index (χ0n) is 10.8. The standard InChI is InChI=1S/C14H18FNO2S/c15-12-3-1-2-11(10-12)14(5-7-16-8-6-14)18-13(17)4-9-19/h1-3,10,16,19H,4-9H2/p+1. The van der Waals surface area contributed by atoms with Crippen molar-refractivity contribution in [1.82, 2.24) is 0 Å². The maximum atomic E-state index is 13.4. The number of quaternary nitrogens is 1. The highest BCUT2D eigenvalue weighted by Crippen LogP contribution is 2.34. The van der Waals surface area contributed by atoms with Gasteiger partial charge in [-0.05, 0) is 17.7 Å². The molecule has 1 aliphatic heterocycles. The molecule has 0 radical (unpaired) electrons. The fraction of sp³-hybridized carbons (Fsp3) is 0.500. The van der Waals surface area contributed by atoms with E-state index in [1.165, 1.54) is 12.1 Å². The van der Waals surface area contributed by atoms with Crippen LogP contribution in [0.15, 0.2) is 24.3 Å². The van der Waals surface area contributed by atoms with Gasteiger partial charge >= 0.3 is 5.97 Å². The predicted molar refractivity (Wildman–Crippen MR) is 73.5 cm³/mol. The van der Waals surface area contributed by atoms with Gasteiger partial charge in [-0.15, -0.1) is 0 Å². The second-order valence-corrected chi connectivity index (χ2v) is 5.27. The molecule has 1 aromatic rings. The number of thiol groups is 1. The van der Waals surface area contributed by atoms with E-state index in [2.05, 4.69) is 17.9 Å². The summed E-state index contributed by atoms with van der Waals surface area (Å²) in [5.74, 6) is -0.0951. The Morgan fingerprint density at radius 3 is 2.79 bits per heavy atom. The number of nitrogens with two attached hydrogens (primary N) is 1. The first-order valence-electron chi connectivity index (χ1n) is 6.57. The van der Waals surface area contributed by atoms with Gasteiger partial charge in [0.1, 0.15) is 11.4 Å². The summed E-state index contributed by atoms with van der Waals surface area (Å²) in [5, 5.41) is 2.18. The van der Waals surface area contributed by atoms with Crippen LogP contribution in [0.5, 0.6) is 0 Å². The zero-order chi connectivity index (χ0) is 13.7. The highest BCUT2D eigenvalue weighted by Gasteiger charge is 2.39. The van der Waals surface area contributed by atoms with Gasteiger partial charge in [0, 0.05) is 18.6 Å². The number of piperidine rings is 1. The van der Waals surface area contributed by atoms with E-state index in [1.54, 1.807) is 6.07 Å². The molecule has 0 bridgehead atoms. The second-order valence-electron chi connectivity index (χ2n) is 4.82. The summed E-state index contributed by atoms with van der Waals surface area (Å²) < 4.78 is 19.1. The van der Waals surface area contributed by atoms with Gasteiger partial charge in [0.25, 0.3) is 0 Å². The summed E-state index contributed by atoms with van der Waals surface area (Å²) in [6.45, 7) is 1.76. The van der Waals surface area contributed by atoms with E-state index in [-0.39, 0.29) is 18.2 Å². The van der Waals surface area contributed by atoms with Gasteiger partial charge in [0.05, 0.1) is 19.5 Å². The Bertz CT molecular complexity index is 447. The van der Waals surface area contributed by atoms with Crippen LogP contribution in [0.4, 0.5) is 4.39 Å². The van der Waals surface area contributed by atoms with Crippen LogP contribution in [0.25, 0.3) is 0 Å². The van der Waals surface area contributed by atoms with Gasteiger partial charge in [0.2, 0.25) is 0 Å². The third-order valence-corrected chi connectivity index (χ3v) is 3.70. The van der Waals surface area contributed by atoms with Crippen molar-refractivity contribution >= 4 is 18.6 Å². The van der Waals surface area contributed by atoms with E-state index in [1.807, 2.05) is 6.07 Å². The SMILES string of the molecule is O=C(CCS)OC1(c2cccc(F)c2)CC[NH2+]CC1. The maximum absolute atomic E-state index is 13.4. The number of hydrogen-bond donors (Lipinski definition) is 2. The maximum Gasteiger partial charge on any atom is 0.307 e. The lowest BCUT2D eigenvalue weighted by molar-refractivity contribution is -0.668. The summed E-state index contributed by atoms with van der Waals surface area (Å²) >= 11 is 4.04. The largest absolute Gasteiger partial charge is 0.454 e. The lowest BCUT2D eigenvalue weighted by Gasteiger charge is -2.36. The molecule has 2 rings (SSSR count). The molecule has 5 heteroatoms. The van der Waals surface area contributed by atoms with Crippen molar-refractivity contribution in [2.45, 2.75) is 24.9 Å². The third-order valence-electron chi connectivity index (χ3n) is 3.48. The van der Waals surface area contributed by atoms with Crippen LogP contribution in [0.2, 0.25) is 0 Å². The first-order chi connectivity index (χ1) is 9.16. The fourth-order valence-electron chi connectivity index (χ4n) is 2.52. The van der Waals surface area contributed by atoms with E-state index < -0.39 is 5.60 Å². The minimum absolute atomic E-state index is 0.263. The minimum Gasteiger partial charge on any atom is -0.454 e. The van der Waals surface area contributed by atoms with Crippen LogP contribution < -0.4 is 5.32 Å². The lowest BCUT2D eigenvalue weighted by Crippen LogP contribution is -2.87. The summed E-state index contributed by atoms with van der Waals surface area (Å²) in [7, 11) is 0. The lowest BCUT2D eigenvalue weighted by atomic mass is 9.84. The Morgan fingerprint density at radius 1 is 1.42 bits per heavy atom. The van der Waals surface area contributed by atoms with Crippen molar-refractivity contribution in [3.63, 3.8) is 0 Å². The first kappa shape index (κ1) is 14.3. The van der Waals surface area contributed by atoms with Crippen molar-refractivity contribution in [3.8, 4) is 0 Å². The van der Waals surface area contributed by atoms with Crippen LogP contribution in [0, 0.1) is 5.82 Å². The van der Waals surface area contributed by atoms with Gasteiger partial charge in [0.15, 0.2) is 0 Å². The van der Waals surface area contributed by atoms with Crippen molar-refractivity contribution in [2.24, 2.45) is 0 Å². The topological polar surface area (TPSA) is 42.9 Å². The number of carbonyl (C=O) groups excluding carboxylic acids is 1. The molecule has 2 N–H and O–H groups in total. The molecular weight excluding hydrogens is 265 g/mol. The highest BCUT2D eigenvalue weighted by atomic mass is 32.1. The average molecular weight is 284 g/mol. The molecule has 0 saturated carbocycles. The fourth-order valence-corrected chi connectivity index (χ4v) is 2.70. The summed E-state index contributed by atoms with van der Waals surface area (Å²) in [5.41, 5.74) is 0.0878. The molecule has 3 nitrogen and oxygen atoms in total. The molecule has 0 amide bonds. The van der Waals surface area contributed by atoms with Gasteiger partial charge in [-0.2, -0.15) is 12.6 Å². The van der Waals surface area contributed by atoms with Crippen molar-refractivity contribution in [2.75, 3.05) is 18.8 Å². The molecule has 1 heterocycles. The van der Waals surface area contributed by atoms with Crippen molar-refractivity contribution in [3.05, 3.63) is 35.6 Å². The number of esters is 1. The van der Waals surface area contributed by atoms with Gasteiger partial charge in [-0.1, -0.05) is 12.1 Å². The molecule has 1 fully saturated rings. The molecule has 1 aromatic carbocycles. The van der Waals surface area contributed by atoms with E-state index in [4.69, 9.17) is 4.74 Å². The quantitative estimate of drug-likeness (QED) is 0.645. The molecule has 0 unspecified atom stereocenters. The second kappa shape index (κ2) is 6.39. The summed E-state index contributed by atoms with van der Waals surface area (Å²) in [4.78, 5) is 11.8. The molecule has 0 aromatic heterocycles. The minimum atomic E-state index is -0.670. The van der Waals surface area contributed by atoms with Gasteiger partial charge < -0.3 is 10.1 Å². The van der Waals surface area contributed by atoms with Crippen molar-refractivity contribution < 1.29 is 19.2 Å². The molecular formula is C14H19FNO2S+. The van der Waals surface area contributed by atoms with Gasteiger partial charge in [-0.3, -0.25) is 4.79 Å². The molecule has 19 heavy (non-hydrogen) atoms. The monoisotopic (exact) mass is 284 g/mol. The number of carbonyl (C=O) groups is 1. The Labute approximate surface area is 117 Å². The Morgan fingerprint density at radius 2 is 2.16 bits per heavy atom. The normalized spacial score (nSPS) is 18.0. The highest BCUT2D eigenvalue weighted by molar-refractivity contribution is 7.80. The molecule has 1 saturated heterocycles. The Balaban J connectivity index is 2.26. The number of benzene rings is 1. The van der Waals surface area contributed by atoms with E-state index in [9.17, 15) is 9.18 Å². The number of hydrogen-bond acceptors (Lipinski definition) is 3. The van der Waals surface area contributed by atoms with Crippen molar-refractivity contribution in [1.29, 1.82) is 0 Å². The molecule has 0 aliphatic carbocycles. The Hall–Kier alpha value is -1.07. The molecule has 0 atom stereocenters. The van der Waals surface area contributed by atoms with Crippen LogP contribution in [-0.2, 0) is 15.1 Å². The van der Waals surface area contributed by atoms with Crippen LogP contribution >= 0.6 is 12.6 Å². The van der Waals surface area contributed by atoms with E-state index in [0.29, 0.717) is 5.75 Å². The average Bonchev–Trinajstić information content (AvgIpc) is 2.40. The Kier molecular flexibility index (Phi) is 4.82. The van der Waals surface area contributed by atoms with Crippen LogP contribution in [0.3, 0.4) is 0 Å². The number of halogens is 1. The third kappa shape index (κ3) is 3.48. The molecule has 104 valence electrons. The predicted octanol–water partition coefficient (Wildman–Crippen LogP) is 1.24. The first-order valence-corrected chi connectivity index (χ1v) is 7.20. The molecule has 0 spiro atoms.